The lowest BCUT2D eigenvalue weighted by Gasteiger charge is -2.22. The molecule has 4 amide bonds. The Morgan fingerprint density at radius 3 is 2.39 bits per heavy atom. The third-order valence-electron chi connectivity index (χ3n) is 6.13. The number of hydrogen-bond acceptors (Lipinski definition) is 6. The first-order chi connectivity index (χ1) is 18.3. The number of nitrogens with one attached hydrogen (secondary N) is 1. The summed E-state index contributed by atoms with van der Waals surface area (Å²) < 4.78 is 10.2. The van der Waals surface area contributed by atoms with Crippen molar-refractivity contribution in [1.82, 2.24) is 4.90 Å². The second kappa shape index (κ2) is 11.6. The van der Waals surface area contributed by atoms with Crippen LogP contribution in [0, 0.1) is 6.92 Å². The number of carbonyl (C=O) groups is 4. The van der Waals surface area contributed by atoms with Crippen molar-refractivity contribution in [2.24, 2.45) is 0 Å². The number of urea groups is 1. The Bertz CT molecular complexity index is 1350. The summed E-state index contributed by atoms with van der Waals surface area (Å²) in [6.07, 6.45) is -0.257. The van der Waals surface area contributed by atoms with E-state index in [4.69, 9.17) is 9.47 Å². The Hall–Kier alpha value is -4.66. The number of carbonyl (C=O) groups excluding carboxylic acids is 4. The fraction of sp³-hybridized carbons (Fsp3) is 0.241. The molecule has 1 saturated heterocycles. The highest BCUT2D eigenvalue weighted by Gasteiger charge is 2.46. The van der Waals surface area contributed by atoms with Gasteiger partial charge >= 0.3 is 12.0 Å². The van der Waals surface area contributed by atoms with Crippen LogP contribution in [-0.2, 0) is 20.9 Å². The van der Waals surface area contributed by atoms with Crippen molar-refractivity contribution in [3.63, 3.8) is 0 Å². The summed E-state index contributed by atoms with van der Waals surface area (Å²) in [4.78, 5) is 54.7. The van der Waals surface area contributed by atoms with Gasteiger partial charge < -0.3 is 19.7 Å². The number of nitrogens with zero attached hydrogens (tertiary/aromatic N) is 2. The summed E-state index contributed by atoms with van der Waals surface area (Å²) >= 11 is 0. The smallest absolute Gasteiger partial charge is 0.338 e. The molecule has 0 spiro atoms. The van der Waals surface area contributed by atoms with Gasteiger partial charge in [-0.1, -0.05) is 30.3 Å². The van der Waals surface area contributed by atoms with Crippen LogP contribution in [0.25, 0.3) is 0 Å². The molecular formula is C29H29N3O6. The molecule has 4 rings (SSSR count). The van der Waals surface area contributed by atoms with E-state index >= 15 is 0 Å². The number of amides is 4. The summed E-state index contributed by atoms with van der Waals surface area (Å²) in [6.45, 7) is 3.95. The molecule has 9 heteroatoms. The van der Waals surface area contributed by atoms with Crippen molar-refractivity contribution in [3.05, 3.63) is 89.5 Å². The van der Waals surface area contributed by atoms with Crippen LogP contribution in [-0.4, -0.2) is 48.5 Å². The van der Waals surface area contributed by atoms with Gasteiger partial charge in [-0.3, -0.25) is 9.59 Å². The lowest BCUT2D eigenvalue weighted by molar-refractivity contribution is -0.124. The van der Waals surface area contributed by atoms with Crippen LogP contribution < -0.4 is 15.0 Å². The van der Waals surface area contributed by atoms with E-state index in [1.807, 2.05) is 25.1 Å². The Morgan fingerprint density at radius 1 is 0.974 bits per heavy atom. The third-order valence-corrected chi connectivity index (χ3v) is 6.13. The first-order valence-electron chi connectivity index (χ1n) is 12.2. The molecule has 0 aromatic heterocycles. The number of methoxy groups -OCH3 is 1. The molecule has 3 aromatic rings. The summed E-state index contributed by atoms with van der Waals surface area (Å²) in [5.74, 6) is -0.785. The molecule has 0 radical (unpaired) electrons. The molecule has 196 valence electrons. The van der Waals surface area contributed by atoms with Crippen molar-refractivity contribution < 1.29 is 28.7 Å². The molecule has 1 atom stereocenters. The zero-order valence-electron chi connectivity index (χ0n) is 21.5. The average molecular weight is 516 g/mol. The Morgan fingerprint density at radius 2 is 1.71 bits per heavy atom. The van der Waals surface area contributed by atoms with Crippen molar-refractivity contribution in [2.75, 3.05) is 23.9 Å². The molecule has 3 aromatic carbocycles. The van der Waals surface area contributed by atoms with Crippen LogP contribution in [0.15, 0.2) is 72.8 Å². The standard InChI is InChI=1S/C29H29N3O6/c1-4-38-28(35)21-8-6-9-22(16-21)30-26(33)17-25-27(34)32(23-10-5-7-19(2)15-23)29(36)31(25)18-20-11-13-24(37-3)14-12-20/h5-16,25H,4,17-18H2,1-3H3,(H,30,33)/t25-/m1/s1. The van der Waals surface area contributed by atoms with E-state index in [9.17, 15) is 19.2 Å². The molecule has 1 aliphatic rings. The van der Waals surface area contributed by atoms with Crippen LogP contribution in [0.2, 0.25) is 0 Å². The first-order valence-corrected chi connectivity index (χ1v) is 12.2. The number of rotatable bonds is 9. The average Bonchev–Trinajstić information content (AvgIpc) is 3.13. The van der Waals surface area contributed by atoms with E-state index in [1.54, 1.807) is 62.6 Å². The molecule has 9 nitrogen and oxygen atoms in total. The van der Waals surface area contributed by atoms with Gasteiger partial charge in [0.1, 0.15) is 11.8 Å². The van der Waals surface area contributed by atoms with Gasteiger partial charge in [0, 0.05) is 12.2 Å². The minimum Gasteiger partial charge on any atom is -0.497 e. The number of anilines is 2. The Balaban J connectivity index is 1.57. The summed E-state index contributed by atoms with van der Waals surface area (Å²) in [5.41, 5.74) is 2.81. The predicted molar refractivity (Wildman–Crippen MR) is 142 cm³/mol. The minimum absolute atomic E-state index is 0.132. The molecular weight excluding hydrogens is 486 g/mol. The number of benzene rings is 3. The Labute approximate surface area is 220 Å². The first kappa shape index (κ1) is 26.4. The lowest BCUT2D eigenvalue weighted by Crippen LogP contribution is -2.37. The summed E-state index contributed by atoms with van der Waals surface area (Å²) in [7, 11) is 1.56. The molecule has 1 heterocycles. The zero-order chi connectivity index (χ0) is 27.2. The van der Waals surface area contributed by atoms with Crippen LogP contribution >= 0.6 is 0 Å². The molecule has 0 saturated carbocycles. The molecule has 0 aliphatic carbocycles. The van der Waals surface area contributed by atoms with Crippen LogP contribution in [0.4, 0.5) is 16.2 Å². The fourth-order valence-electron chi connectivity index (χ4n) is 4.27. The van der Waals surface area contributed by atoms with Gasteiger partial charge in [-0.15, -0.1) is 0 Å². The van der Waals surface area contributed by atoms with Gasteiger partial charge in [0.25, 0.3) is 5.91 Å². The van der Waals surface area contributed by atoms with Gasteiger partial charge in [0.05, 0.1) is 31.4 Å². The Kier molecular flexibility index (Phi) is 8.06. The van der Waals surface area contributed by atoms with E-state index in [-0.39, 0.29) is 19.6 Å². The lowest BCUT2D eigenvalue weighted by atomic mass is 10.1. The van der Waals surface area contributed by atoms with E-state index in [0.29, 0.717) is 22.7 Å². The summed E-state index contributed by atoms with van der Waals surface area (Å²) in [5, 5.41) is 2.73. The quantitative estimate of drug-likeness (QED) is 0.331. The van der Waals surface area contributed by atoms with Crippen molar-refractivity contribution in [1.29, 1.82) is 0 Å². The summed E-state index contributed by atoms with van der Waals surface area (Å²) in [6, 6.07) is 19.1. The van der Waals surface area contributed by atoms with E-state index < -0.39 is 29.9 Å². The molecule has 0 bridgehead atoms. The van der Waals surface area contributed by atoms with E-state index in [0.717, 1.165) is 16.0 Å². The number of imide groups is 1. The van der Waals surface area contributed by atoms with E-state index in [2.05, 4.69) is 5.32 Å². The maximum Gasteiger partial charge on any atom is 0.338 e. The molecule has 0 unspecified atom stereocenters. The molecule has 1 aliphatic heterocycles. The number of ether oxygens (including phenoxy) is 2. The highest BCUT2D eigenvalue weighted by atomic mass is 16.5. The molecule has 38 heavy (non-hydrogen) atoms. The topological polar surface area (TPSA) is 105 Å². The maximum atomic E-state index is 13.5. The van der Waals surface area contributed by atoms with Crippen LogP contribution in [0.5, 0.6) is 5.75 Å². The monoisotopic (exact) mass is 515 g/mol. The highest BCUT2D eigenvalue weighted by molar-refractivity contribution is 6.22. The van der Waals surface area contributed by atoms with Crippen molar-refractivity contribution in [3.8, 4) is 5.75 Å². The maximum absolute atomic E-state index is 13.5. The van der Waals surface area contributed by atoms with Gasteiger partial charge in [0.2, 0.25) is 5.91 Å². The van der Waals surface area contributed by atoms with Gasteiger partial charge in [-0.25, -0.2) is 14.5 Å². The second-order valence-corrected chi connectivity index (χ2v) is 8.84. The van der Waals surface area contributed by atoms with Crippen molar-refractivity contribution in [2.45, 2.75) is 32.9 Å². The van der Waals surface area contributed by atoms with Gasteiger partial charge in [-0.2, -0.15) is 0 Å². The highest BCUT2D eigenvalue weighted by Crippen LogP contribution is 2.29. The number of hydrogen-bond donors (Lipinski definition) is 1. The van der Waals surface area contributed by atoms with E-state index in [1.165, 1.54) is 11.0 Å². The SMILES string of the molecule is CCOC(=O)c1cccc(NC(=O)C[C@@H]2C(=O)N(c3cccc(C)c3)C(=O)N2Cc2ccc(OC)cc2)c1. The van der Waals surface area contributed by atoms with Crippen LogP contribution in [0.1, 0.15) is 34.8 Å². The van der Waals surface area contributed by atoms with Gasteiger partial charge in [-0.05, 0) is 67.4 Å². The van der Waals surface area contributed by atoms with Gasteiger partial charge in [0.15, 0.2) is 0 Å². The predicted octanol–water partition coefficient (Wildman–Crippen LogP) is 4.55. The number of esters is 1. The van der Waals surface area contributed by atoms with Crippen molar-refractivity contribution >= 4 is 35.2 Å². The second-order valence-electron chi connectivity index (χ2n) is 8.84. The normalized spacial score (nSPS) is 15.0. The largest absolute Gasteiger partial charge is 0.497 e. The minimum atomic E-state index is -1.02. The molecule has 1 N–H and O–H groups in total. The number of aryl methyl sites for hydroxylation is 1. The fourth-order valence-corrected chi connectivity index (χ4v) is 4.27. The third kappa shape index (κ3) is 5.83. The molecule has 1 fully saturated rings. The zero-order valence-corrected chi connectivity index (χ0v) is 21.5. The van der Waals surface area contributed by atoms with Crippen LogP contribution in [0.3, 0.4) is 0 Å².